The number of nitrogens with one attached hydrogen (secondary N) is 2. The highest BCUT2D eigenvalue weighted by Gasteiger charge is 2.29. The zero-order chi connectivity index (χ0) is 22.7. The van der Waals surface area contributed by atoms with Gasteiger partial charge in [0, 0.05) is 16.1 Å². The van der Waals surface area contributed by atoms with Gasteiger partial charge in [0.1, 0.15) is 5.75 Å². The molecule has 0 aliphatic carbocycles. The molecular weight excluding hydrogens is 445 g/mol. The molecule has 0 bridgehead atoms. The van der Waals surface area contributed by atoms with Crippen LogP contribution in [-0.4, -0.2) is 32.6 Å². The highest BCUT2D eigenvalue weighted by molar-refractivity contribution is 7.89. The van der Waals surface area contributed by atoms with E-state index in [1.54, 1.807) is 20.8 Å². The minimum absolute atomic E-state index is 0.0362. The Kier molecular flexibility index (Phi) is 7.05. The SMILES string of the molecule is CC(C)(C)NS(=O)(=O)c1ccc(C(=O)Nc2cc(Cl)ccc2OCC(F)(F)F)cc1. The molecule has 30 heavy (non-hydrogen) atoms. The minimum Gasteiger partial charge on any atom is -0.482 e. The Morgan fingerprint density at radius 2 is 1.67 bits per heavy atom. The number of sulfonamides is 1. The molecule has 2 aromatic rings. The van der Waals surface area contributed by atoms with Gasteiger partial charge >= 0.3 is 6.18 Å². The second-order valence-electron chi connectivity index (χ2n) is 7.38. The molecule has 11 heteroatoms. The molecule has 0 saturated heterocycles. The maximum Gasteiger partial charge on any atom is 0.422 e. The molecule has 0 fully saturated rings. The van der Waals surface area contributed by atoms with Crippen molar-refractivity contribution in [3.63, 3.8) is 0 Å². The van der Waals surface area contributed by atoms with Crippen LogP contribution in [0.3, 0.4) is 0 Å². The number of carbonyl (C=O) groups is 1. The van der Waals surface area contributed by atoms with Gasteiger partial charge in [0.15, 0.2) is 6.61 Å². The zero-order valence-corrected chi connectivity index (χ0v) is 17.9. The number of hydrogen-bond donors (Lipinski definition) is 2. The third kappa shape index (κ3) is 7.19. The third-order valence-electron chi connectivity index (χ3n) is 3.45. The Bertz CT molecular complexity index is 1020. The smallest absolute Gasteiger partial charge is 0.422 e. The summed E-state index contributed by atoms with van der Waals surface area (Å²) in [5.41, 5.74) is -0.650. The van der Waals surface area contributed by atoms with Crippen LogP contribution < -0.4 is 14.8 Å². The minimum atomic E-state index is -4.55. The number of rotatable bonds is 6. The second kappa shape index (κ2) is 8.83. The first kappa shape index (κ1) is 24.0. The molecule has 0 aromatic heterocycles. The molecule has 2 rings (SSSR count). The van der Waals surface area contributed by atoms with Crippen LogP contribution in [0.5, 0.6) is 5.75 Å². The van der Waals surface area contributed by atoms with Crippen LogP contribution in [0.25, 0.3) is 0 Å². The number of hydrogen-bond acceptors (Lipinski definition) is 4. The third-order valence-corrected chi connectivity index (χ3v) is 5.46. The lowest BCUT2D eigenvalue weighted by Gasteiger charge is -2.20. The fraction of sp³-hybridized carbons (Fsp3) is 0.316. The standard InChI is InChI=1S/C19H20ClF3N2O4S/c1-18(2,3)25-30(27,28)14-7-4-12(5-8-14)17(26)24-15-10-13(20)6-9-16(15)29-11-19(21,22)23/h4-10,25H,11H2,1-3H3,(H,24,26). The van der Waals surface area contributed by atoms with Crippen molar-refractivity contribution in [1.29, 1.82) is 0 Å². The molecule has 0 saturated carbocycles. The molecule has 0 radical (unpaired) electrons. The Hall–Kier alpha value is -2.30. The fourth-order valence-electron chi connectivity index (χ4n) is 2.33. The predicted octanol–water partition coefficient (Wildman–Crippen LogP) is 4.61. The van der Waals surface area contributed by atoms with E-state index in [1.807, 2.05) is 0 Å². The number of halogens is 4. The fourth-order valence-corrected chi connectivity index (χ4v) is 3.92. The first-order valence-electron chi connectivity index (χ1n) is 8.61. The number of benzene rings is 2. The summed E-state index contributed by atoms with van der Waals surface area (Å²) < 4.78 is 69.1. The maximum atomic E-state index is 12.5. The van der Waals surface area contributed by atoms with Crippen molar-refractivity contribution >= 4 is 33.2 Å². The summed E-state index contributed by atoms with van der Waals surface area (Å²) in [6, 6.07) is 8.85. The summed E-state index contributed by atoms with van der Waals surface area (Å²) in [4.78, 5) is 12.4. The van der Waals surface area contributed by atoms with Gasteiger partial charge in [0.25, 0.3) is 5.91 Å². The lowest BCUT2D eigenvalue weighted by molar-refractivity contribution is -0.153. The van der Waals surface area contributed by atoms with Crippen molar-refractivity contribution in [3.05, 3.63) is 53.1 Å². The number of carbonyl (C=O) groups excluding carboxylic acids is 1. The number of anilines is 1. The summed E-state index contributed by atoms with van der Waals surface area (Å²) >= 11 is 5.86. The summed E-state index contributed by atoms with van der Waals surface area (Å²) in [6.45, 7) is 3.53. The van der Waals surface area contributed by atoms with E-state index in [0.717, 1.165) is 0 Å². The number of amides is 1. The highest BCUT2D eigenvalue weighted by atomic mass is 35.5. The van der Waals surface area contributed by atoms with Gasteiger partial charge in [0.05, 0.1) is 10.6 Å². The average Bonchev–Trinajstić information content (AvgIpc) is 2.58. The van der Waals surface area contributed by atoms with Crippen molar-refractivity contribution in [2.45, 2.75) is 37.4 Å². The molecule has 0 atom stereocenters. The quantitative estimate of drug-likeness (QED) is 0.653. The van der Waals surface area contributed by atoms with E-state index in [0.29, 0.717) is 0 Å². The average molecular weight is 465 g/mol. The van der Waals surface area contributed by atoms with Gasteiger partial charge in [-0.2, -0.15) is 13.2 Å². The van der Waals surface area contributed by atoms with Gasteiger partial charge in [-0.05, 0) is 63.2 Å². The zero-order valence-electron chi connectivity index (χ0n) is 16.3. The molecule has 6 nitrogen and oxygen atoms in total. The van der Waals surface area contributed by atoms with Gasteiger partial charge in [-0.3, -0.25) is 4.79 Å². The van der Waals surface area contributed by atoms with Crippen molar-refractivity contribution in [1.82, 2.24) is 4.72 Å². The number of ether oxygens (including phenoxy) is 1. The Morgan fingerprint density at radius 1 is 1.07 bits per heavy atom. The predicted molar refractivity (Wildman–Crippen MR) is 107 cm³/mol. The summed E-state index contributed by atoms with van der Waals surface area (Å²) in [7, 11) is -3.78. The van der Waals surface area contributed by atoms with E-state index < -0.39 is 34.3 Å². The molecule has 0 aliphatic heterocycles. The Balaban J connectivity index is 2.20. The topological polar surface area (TPSA) is 84.5 Å². The van der Waals surface area contributed by atoms with Gasteiger partial charge < -0.3 is 10.1 Å². The van der Waals surface area contributed by atoms with Crippen molar-refractivity contribution in [2.75, 3.05) is 11.9 Å². The van der Waals surface area contributed by atoms with E-state index in [1.165, 1.54) is 42.5 Å². The van der Waals surface area contributed by atoms with Crippen LogP contribution >= 0.6 is 11.6 Å². The summed E-state index contributed by atoms with van der Waals surface area (Å²) in [5.74, 6) is -0.888. The highest BCUT2D eigenvalue weighted by Crippen LogP contribution is 2.30. The molecule has 0 spiro atoms. The van der Waals surface area contributed by atoms with Crippen LogP contribution in [0, 0.1) is 0 Å². The lowest BCUT2D eigenvalue weighted by atomic mass is 10.1. The van der Waals surface area contributed by atoms with Crippen molar-refractivity contribution < 1.29 is 31.1 Å². The van der Waals surface area contributed by atoms with Gasteiger partial charge in [-0.25, -0.2) is 13.1 Å². The molecule has 0 unspecified atom stereocenters. The first-order chi connectivity index (χ1) is 13.7. The van der Waals surface area contributed by atoms with Crippen molar-refractivity contribution in [2.24, 2.45) is 0 Å². The summed E-state index contributed by atoms with van der Waals surface area (Å²) in [6.07, 6.45) is -4.55. The molecule has 2 aromatic carbocycles. The van der Waals surface area contributed by atoms with Crippen LogP contribution in [0.2, 0.25) is 5.02 Å². The van der Waals surface area contributed by atoms with Crippen LogP contribution in [-0.2, 0) is 10.0 Å². The van der Waals surface area contributed by atoms with E-state index in [2.05, 4.69) is 10.0 Å². The molecule has 0 aliphatic rings. The molecule has 2 N–H and O–H groups in total. The number of alkyl halides is 3. The van der Waals surface area contributed by atoms with Gasteiger partial charge in [-0.1, -0.05) is 11.6 Å². The molecule has 1 amide bonds. The van der Waals surface area contributed by atoms with Crippen molar-refractivity contribution in [3.8, 4) is 5.75 Å². The lowest BCUT2D eigenvalue weighted by Crippen LogP contribution is -2.40. The van der Waals surface area contributed by atoms with Gasteiger partial charge in [0.2, 0.25) is 10.0 Å². The Labute approximate surface area is 177 Å². The molecule has 0 heterocycles. The van der Waals surface area contributed by atoms with E-state index in [-0.39, 0.29) is 26.9 Å². The van der Waals surface area contributed by atoms with Crippen LogP contribution in [0.1, 0.15) is 31.1 Å². The molecular formula is C19H20ClF3N2O4S. The summed E-state index contributed by atoms with van der Waals surface area (Å²) in [5, 5.41) is 2.60. The monoisotopic (exact) mass is 464 g/mol. The van der Waals surface area contributed by atoms with E-state index in [4.69, 9.17) is 16.3 Å². The van der Waals surface area contributed by atoms with Gasteiger partial charge in [-0.15, -0.1) is 0 Å². The molecule has 164 valence electrons. The maximum absolute atomic E-state index is 12.5. The van der Waals surface area contributed by atoms with E-state index >= 15 is 0 Å². The largest absolute Gasteiger partial charge is 0.482 e. The van der Waals surface area contributed by atoms with Crippen LogP contribution in [0.15, 0.2) is 47.4 Å². The second-order valence-corrected chi connectivity index (χ2v) is 9.50. The van der Waals surface area contributed by atoms with Crippen LogP contribution in [0.4, 0.5) is 18.9 Å². The van der Waals surface area contributed by atoms with E-state index in [9.17, 15) is 26.4 Å². The Morgan fingerprint density at radius 3 is 2.20 bits per heavy atom. The first-order valence-corrected chi connectivity index (χ1v) is 10.5. The normalized spacial score (nSPS) is 12.5.